The molecule has 0 fully saturated rings. The lowest BCUT2D eigenvalue weighted by Gasteiger charge is -2.09. The van der Waals surface area contributed by atoms with Gasteiger partial charge < -0.3 is 15.4 Å². The molecule has 0 aliphatic carbocycles. The molecule has 1 aromatic carbocycles. The van der Waals surface area contributed by atoms with Crippen molar-refractivity contribution in [1.82, 2.24) is 9.78 Å². The topological polar surface area (TPSA) is 87.4 Å². The van der Waals surface area contributed by atoms with Crippen molar-refractivity contribution in [2.24, 2.45) is 7.05 Å². The van der Waals surface area contributed by atoms with Gasteiger partial charge in [0.05, 0.1) is 11.3 Å². The molecule has 0 radical (unpaired) electrons. The molecule has 1 amide bonds. The number of carbonyl (C=O) groups is 1. The highest BCUT2D eigenvalue weighted by molar-refractivity contribution is 6.60. The molecule has 1 heterocycles. The lowest BCUT2D eigenvalue weighted by molar-refractivity contribution is 0.102. The molecule has 112 valence electrons. The molecule has 2 aromatic rings. The van der Waals surface area contributed by atoms with Crippen molar-refractivity contribution in [1.29, 1.82) is 0 Å². The summed E-state index contributed by atoms with van der Waals surface area (Å²) in [6.07, 6.45) is 1.61. The SMILES string of the molecule is CC.Cc1nn(C)cc1C(=O)Nc1ccccc1B(O)O. The Morgan fingerprint density at radius 1 is 1.29 bits per heavy atom. The van der Waals surface area contributed by atoms with Gasteiger partial charge in [0.25, 0.3) is 5.91 Å². The Labute approximate surface area is 124 Å². The number of rotatable bonds is 3. The van der Waals surface area contributed by atoms with Gasteiger partial charge in [-0.15, -0.1) is 0 Å². The molecule has 2 rings (SSSR count). The van der Waals surface area contributed by atoms with E-state index in [-0.39, 0.29) is 11.4 Å². The maximum absolute atomic E-state index is 12.1. The minimum atomic E-state index is -1.63. The van der Waals surface area contributed by atoms with Gasteiger partial charge in [-0.2, -0.15) is 5.10 Å². The summed E-state index contributed by atoms with van der Waals surface area (Å²) in [6.45, 7) is 5.74. The second-order valence-corrected chi connectivity index (χ2v) is 4.22. The predicted molar refractivity (Wildman–Crippen MR) is 83.5 cm³/mol. The third-order valence-corrected chi connectivity index (χ3v) is 2.75. The highest BCUT2D eigenvalue weighted by Crippen LogP contribution is 2.10. The number of anilines is 1. The van der Waals surface area contributed by atoms with Crippen molar-refractivity contribution in [3.05, 3.63) is 41.7 Å². The molecule has 6 nitrogen and oxygen atoms in total. The summed E-state index contributed by atoms with van der Waals surface area (Å²) in [5.74, 6) is -0.335. The van der Waals surface area contributed by atoms with Gasteiger partial charge in [-0.1, -0.05) is 32.0 Å². The van der Waals surface area contributed by atoms with Crippen LogP contribution in [0.3, 0.4) is 0 Å². The number of hydrogen-bond acceptors (Lipinski definition) is 4. The van der Waals surface area contributed by atoms with Gasteiger partial charge in [0, 0.05) is 24.4 Å². The van der Waals surface area contributed by atoms with Crippen LogP contribution in [0.4, 0.5) is 5.69 Å². The first-order valence-corrected chi connectivity index (χ1v) is 6.75. The number of benzene rings is 1. The van der Waals surface area contributed by atoms with Crippen molar-refractivity contribution >= 4 is 24.2 Å². The quantitative estimate of drug-likeness (QED) is 0.725. The van der Waals surface area contributed by atoms with E-state index < -0.39 is 7.12 Å². The van der Waals surface area contributed by atoms with Gasteiger partial charge in [-0.05, 0) is 13.0 Å². The molecular formula is C14H20BN3O3. The number of carbonyl (C=O) groups excluding carboxylic acids is 1. The van der Waals surface area contributed by atoms with E-state index in [0.29, 0.717) is 16.9 Å². The van der Waals surface area contributed by atoms with E-state index >= 15 is 0 Å². The molecule has 0 saturated carbocycles. The summed E-state index contributed by atoms with van der Waals surface area (Å²) in [4.78, 5) is 12.1. The van der Waals surface area contributed by atoms with Gasteiger partial charge in [-0.25, -0.2) is 0 Å². The Hall–Kier alpha value is -2.12. The monoisotopic (exact) mass is 289 g/mol. The van der Waals surface area contributed by atoms with Crippen LogP contribution in [0.25, 0.3) is 0 Å². The summed E-state index contributed by atoms with van der Waals surface area (Å²) in [5, 5.41) is 25.2. The first-order valence-electron chi connectivity index (χ1n) is 6.75. The number of aromatic nitrogens is 2. The normalized spacial score (nSPS) is 9.62. The summed E-state index contributed by atoms with van der Waals surface area (Å²) in [5.41, 5.74) is 1.68. The van der Waals surface area contributed by atoms with Crippen LogP contribution in [0.15, 0.2) is 30.5 Å². The van der Waals surface area contributed by atoms with Crippen LogP contribution in [0.1, 0.15) is 29.9 Å². The van der Waals surface area contributed by atoms with Crippen LogP contribution in [-0.2, 0) is 7.05 Å². The fourth-order valence-corrected chi connectivity index (χ4v) is 1.85. The van der Waals surface area contributed by atoms with E-state index in [1.54, 1.807) is 43.0 Å². The van der Waals surface area contributed by atoms with Gasteiger partial charge in [0.15, 0.2) is 0 Å². The minimum Gasteiger partial charge on any atom is -0.423 e. The number of nitrogens with one attached hydrogen (secondary N) is 1. The van der Waals surface area contributed by atoms with Crippen LogP contribution in [0.5, 0.6) is 0 Å². The van der Waals surface area contributed by atoms with Crippen LogP contribution >= 0.6 is 0 Å². The molecule has 0 unspecified atom stereocenters. The fourth-order valence-electron chi connectivity index (χ4n) is 1.85. The van der Waals surface area contributed by atoms with Crippen LogP contribution in [-0.4, -0.2) is 32.9 Å². The highest BCUT2D eigenvalue weighted by atomic mass is 16.4. The molecule has 0 spiro atoms. The largest absolute Gasteiger partial charge is 0.490 e. The second kappa shape index (κ2) is 7.61. The van der Waals surface area contributed by atoms with Crippen molar-refractivity contribution < 1.29 is 14.8 Å². The van der Waals surface area contributed by atoms with Crippen molar-refractivity contribution in [2.45, 2.75) is 20.8 Å². The van der Waals surface area contributed by atoms with Crippen LogP contribution < -0.4 is 10.8 Å². The molecule has 21 heavy (non-hydrogen) atoms. The van der Waals surface area contributed by atoms with Gasteiger partial charge >= 0.3 is 7.12 Å². The first-order chi connectivity index (χ1) is 9.99. The van der Waals surface area contributed by atoms with E-state index in [1.165, 1.54) is 6.07 Å². The Morgan fingerprint density at radius 3 is 2.43 bits per heavy atom. The zero-order valence-corrected chi connectivity index (χ0v) is 12.7. The third-order valence-electron chi connectivity index (χ3n) is 2.75. The first kappa shape index (κ1) is 16.9. The van der Waals surface area contributed by atoms with E-state index in [1.807, 2.05) is 13.8 Å². The zero-order valence-electron chi connectivity index (χ0n) is 12.7. The van der Waals surface area contributed by atoms with Gasteiger partial charge in [0.2, 0.25) is 0 Å². The standard InChI is InChI=1S/C12H14BN3O3.C2H6/c1-8-9(7-16(2)15-8)12(17)14-11-6-4-3-5-10(11)13(18)19;1-2/h3-7,18-19H,1-2H3,(H,14,17);1-2H3. The summed E-state index contributed by atoms with van der Waals surface area (Å²) < 4.78 is 1.55. The lowest BCUT2D eigenvalue weighted by atomic mass is 9.79. The number of para-hydroxylation sites is 1. The minimum absolute atomic E-state index is 0.248. The maximum atomic E-state index is 12.1. The number of hydrogen-bond donors (Lipinski definition) is 3. The van der Waals surface area contributed by atoms with Crippen LogP contribution in [0.2, 0.25) is 0 Å². The second-order valence-electron chi connectivity index (χ2n) is 4.22. The smallest absolute Gasteiger partial charge is 0.423 e. The van der Waals surface area contributed by atoms with Crippen LogP contribution in [0, 0.1) is 6.92 Å². The van der Waals surface area contributed by atoms with E-state index in [0.717, 1.165) is 0 Å². The molecule has 0 atom stereocenters. The molecule has 1 aromatic heterocycles. The number of amides is 1. The molecular weight excluding hydrogens is 269 g/mol. The van der Waals surface area contributed by atoms with Crippen molar-refractivity contribution in [3.8, 4) is 0 Å². The van der Waals surface area contributed by atoms with E-state index in [9.17, 15) is 14.8 Å². The summed E-state index contributed by atoms with van der Waals surface area (Å²) >= 11 is 0. The number of aryl methyl sites for hydroxylation is 2. The predicted octanol–water partition coefficient (Wildman–Crippen LogP) is 0.687. The molecule has 7 heteroatoms. The van der Waals surface area contributed by atoms with Gasteiger partial charge in [-0.3, -0.25) is 9.48 Å². The molecule has 0 saturated heterocycles. The molecule has 0 aliphatic heterocycles. The average Bonchev–Trinajstić information content (AvgIpc) is 2.80. The zero-order chi connectivity index (χ0) is 16.0. The molecule has 3 N–H and O–H groups in total. The highest BCUT2D eigenvalue weighted by Gasteiger charge is 2.18. The Kier molecular flexibility index (Phi) is 6.14. The Bertz CT molecular complexity index is 611. The Balaban J connectivity index is 0.00000106. The van der Waals surface area contributed by atoms with E-state index in [4.69, 9.17) is 0 Å². The lowest BCUT2D eigenvalue weighted by Crippen LogP contribution is -2.33. The maximum Gasteiger partial charge on any atom is 0.490 e. The summed E-state index contributed by atoms with van der Waals surface area (Å²) in [6, 6.07) is 6.52. The van der Waals surface area contributed by atoms with Gasteiger partial charge in [0.1, 0.15) is 0 Å². The third kappa shape index (κ3) is 4.17. The molecule has 0 aliphatic rings. The summed E-state index contributed by atoms with van der Waals surface area (Å²) in [7, 11) is 0.0985. The Morgan fingerprint density at radius 2 is 1.90 bits per heavy atom. The number of nitrogens with zero attached hydrogens (tertiary/aromatic N) is 2. The fraction of sp³-hybridized carbons (Fsp3) is 0.286. The van der Waals surface area contributed by atoms with Crippen molar-refractivity contribution in [2.75, 3.05) is 5.32 Å². The van der Waals surface area contributed by atoms with Crippen molar-refractivity contribution in [3.63, 3.8) is 0 Å². The average molecular weight is 289 g/mol. The molecule has 0 bridgehead atoms. The van der Waals surface area contributed by atoms with E-state index in [2.05, 4.69) is 10.4 Å².